The SMILES string of the molecule is COC(=O)C[C@@H](N)c1c(F)ccc(Cl)c1O.Cl. The van der Waals surface area contributed by atoms with Crippen molar-refractivity contribution in [3.05, 3.63) is 28.5 Å². The maximum atomic E-state index is 13.4. The molecule has 0 aliphatic heterocycles. The van der Waals surface area contributed by atoms with Crippen molar-refractivity contribution in [1.29, 1.82) is 0 Å². The number of nitrogens with two attached hydrogens (primary N) is 1. The Balaban J connectivity index is 0.00000256. The summed E-state index contributed by atoms with van der Waals surface area (Å²) in [6.45, 7) is 0. The lowest BCUT2D eigenvalue weighted by atomic mass is 10.0. The van der Waals surface area contributed by atoms with E-state index in [1.807, 2.05) is 0 Å². The number of methoxy groups -OCH3 is 1. The third-order valence-electron chi connectivity index (χ3n) is 2.10. The predicted octanol–water partition coefficient (Wildman–Crippen LogP) is 2.17. The van der Waals surface area contributed by atoms with E-state index in [1.54, 1.807) is 0 Å². The molecule has 0 amide bonds. The van der Waals surface area contributed by atoms with Crippen LogP contribution in [-0.4, -0.2) is 18.2 Å². The summed E-state index contributed by atoms with van der Waals surface area (Å²) >= 11 is 5.61. The van der Waals surface area contributed by atoms with Crippen molar-refractivity contribution in [2.75, 3.05) is 7.11 Å². The number of hydrogen-bond donors (Lipinski definition) is 2. The smallest absolute Gasteiger partial charge is 0.307 e. The highest BCUT2D eigenvalue weighted by atomic mass is 35.5. The molecule has 0 aromatic heterocycles. The van der Waals surface area contributed by atoms with E-state index >= 15 is 0 Å². The Bertz CT molecular complexity index is 415. The van der Waals surface area contributed by atoms with E-state index < -0.39 is 23.6 Å². The number of carbonyl (C=O) groups excluding carboxylic acids is 1. The molecule has 0 spiro atoms. The second-order valence-electron chi connectivity index (χ2n) is 3.18. The minimum Gasteiger partial charge on any atom is -0.506 e. The highest BCUT2D eigenvalue weighted by Crippen LogP contribution is 2.34. The van der Waals surface area contributed by atoms with Gasteiger partial charge in [-0.25, -0.2) is 4.39 Å². The average molecular weight is 284 g/mol. The minimum atomic E-state index is -0.994. The quantitative estimate of drug-likeness (QED) is 0.834. The van der Waals surface area contributed by atoms with Crippen molar-refractivity contribution in [3.63, 3.8) is 0 Å². The molecule has 0 radical (unpaired) electrons. The summed E-state index contributed by atoms with van der Waals surface area (Å²) in [5, 5.41) is 9.51. The Labute approximate surface area is 109 Å². The van der Waals surface area contributed by atoms with E-state index in [4.69, 9.17) is 17.3 Å². The fourth-order valence-corrected chi connectivity index (χ4v) is 1.44. The van der Waals surface area contributed by atoms with Crippen LogP contribution in [0, 0.1) is 5.82 Å². The van der Waals surface area contributed by atoms with Crippen molar-refractivity contribution in [2.45, 2.75) is 12.5 Å². The zero-order valence-electron chi connectivity index (χ0n) is 8.94. The first kappa shape index (κ1) is 16.0. The number of aromatic hydroxyl groups is 1. The molecule has 0 unspecified atom stereocenters. The van der Waals surface area contributed by atoms with Crippen LogP contribution in [0.5, 0.6) is 5.75 Å². The number of esters is 1. The van der Waals surface area contributed by atoms with Gasteiger partial charge in [0.05, 0.1) is 18.6 Å². The summed E-state index contributed by atoms with van der Waals surface area (Å²) in [6, 6.07) is 1.29. The lowest BCUT2D eigenvalue weighted by Gasteiger charge is -2.14. The standard InChI is InChI=1S/C10H11ClFNO3.ClH/c1-16-8(14)4-7(13)9-6(12)3-2-5(11)10(9)15;/h2-3,7,15H,4,13H2,1H3;1H/t7-;/m1./s1. The number of benzene rings is 1. The molecule has 0 aliphatic carbocycles. The molecule has 0 fully saturated rings. The molecule has 0 saturated carbocycles. The molecule has 4 nitrogen and oxygen atoms in total. The van der Waals surface area contributed by atoms with Gasteiger partial charge in [0.25, 0.3) is 0 Å². The van der Waals surface area contributed by atoms with Crippen LogP contribution >= 0.6 is 24.0 Å². The second-order valence-corrected chi connectivity index (χ2v) is 3.59. The molecule has 7 heteroatoms. The number of hydrogen-bond acceptors (Lipinski definition) is 4. The molecule has 1 aromatic carbocycles. The van der Waals surface area contributed by atoms with Gasteiger partial charge in [0.2, 0.25) is 0 Å². The molecule has 1 atom stereocenters. The third-order valence-corrected chi connectivity index (χ3v) is 2.40. The van der Waals surface area contributed by atoms with Crippen molar-refractivity contribution >= 4 is 30.0 Å². The van der Waals surface area contributed by atoms with Crippen LogP contribution in [0.1, 0.15) is 18.0 Å². The molecule has 1 aromatic rings. The van der Waals surface area contributed by atoms with E-state index in [0.717, 1.165) is 6.07 Å². The molecular weight excluding hydrogens is 272 g/mol. The Morgan fingerprint density at radius 3 is 2.76 bits per heavy atom. The summed E-state index contributed by atoms with van der Waals surface area (Å²) in [6.07, 6.45) is -0.235. The molecule has 0 bridgehead atoms. The Morgan fingerprint density at radius 1 is 1.65 bits per heavy atom. The summed E-state index contributed by atoms with van der Waals surface area (Å²) in [5.41, 5.74) is 5.40. The lowest BCUT2D eigenvalue weighted by molar-refractivity contribution is -0.141. The highest BCUT2D eigenvalue weighted by Gasteiger charge is 2.21. The van der Waals surface area contributed by atoms with Crippen molar-refractivity contribution in [3.8, 4) is 5.75 Å². The summed E-state index contributed by atoms with van der Waals surface area (Å²) < 4.78 is 17.8. The van der Waals surface area contributed by atoms with Crippen LogP contribution in [0.3, 0.4) is 0 Å². The monoisotopic (exact) mass is 283 g/mol. The number of rotatable bonds is 3. The van der Waals surface area contributed by atoms with Crippen LogP contribution in [-0.2, 0) is 9.53 Å². The van der Waals surface area contributed by atoms with Gasteiger partial charge in [0.15, 0.2) is 0 Å². The first-order valence-corrected chi connectivity index (χ1v) is 4.84. The van der Waals surface area contributed by atoms with Gasteiger partial charge < -0.3 is 15.6 Å². The van der Waals surface area contributed by atoms with Crippen molar-refractivity contribution < 1.29 is 19.0 Å². The zero-order valence-corrected chi connectivity index (χ0v) is 10.5. The number of halogens is 3. The molecule has 3 N–H and O–H groups in total. The van der Waals surface area contributed by atoms with Crippen molar-refractivity contribution in [2.24, 2.45) is 5.73 Å². The largest absolute Gasteiger partial charge is 0.506 e. The van der Waals surface area contributed by atoms with E-state index in [-0.39, 0.29) is 29.4 Å². The highest BCUT2D eigenvalue weighted by molar-refractivity contribution is 6.32. The van der Waals surface area contributed by atoms with Crippen LogP contribution in [0.25, 0.3) is 0 Å². The van der Waals surface area contributed by atoms with Crippen molar-refractivity contribution in [1.82, 2.24) is 0 Å². The number of phenols is 1. The minimum absolute atomic E-state index is 0. The van der Waals surface area contributed by atoms with Gasteiger partial charge in [-0.2, -0.15) is 0 Å². The van der Waals surface area contributed by atoms with Gasteiger partial charge in [-0.05, 0) is 12.1 Å². The molecule has 1 rings (SSSR count). The summed E-state index contributed by atoms with van der Waals surface area (Å²) in [7, 11) is 1.20. The third kappa shape index (κ3) is 3.73. The first-order valence-electron chi connectivity index (χ1n) is 4.46. The van der Waals surface area contributed by atoms with E-state index in [9.17, 15) is 14.3 Å². The van der Waals surface area contributed by atoms with Gasteiger partial charge in [0.1, 0.15) is 11.6 Å². The van der Waals surface area contributed by atoms with E-state index in [2.05, 4.69) is 4.74 Å². The number of ether oxygens (including phenoxy) is 1. The normalized spacial score (nSPS) is 11.5. The molecular formula is C10H12Cl2FNO3. The Hall–Kier alpha value is -1.04. The molecule has 0 saturated heterocycles. The topological polar surface area (TPSA) is 72.5 Å². The van der Waals surface area contributed by atoms with Crippen LogP contribution in [0.2, 0.25) is 5.02 Å². The maximum absolute atomic E-state index is 13.4. The van der Waals surface area contributed by atoms with E-state index in [0.29, 0.717) is 0 Å². The van der Waals surface area contributed by atoms with Crippen LogP contribution in [0.4, 0.5) is 4.39 Å². The van der Waals surface area contributed by atoms with Gasteiger partial charge in [-0.1, -0.05) is 11.6 Å². The molecule has 17 heavy (non-hydrogen) atoms. The zero-order chi connectivity index (χ0) is 12.3. The molecule has 96 valence electrons. The average Bonchev–Trinajstić information content (AvgIpc) is 2.24. The molecule has 0 heterocycles. The Morgan fingerprint density at radius 2 is 2.24 bits per heavy atom. The second kappa shape index (κ2) is 6.64. The number of carbonyl (C=O) groups is 1. The fraction of sp³-hybridized carbons (Fsp3) is 0.300. The van der Waals surface area contributed by atoms with Gasteiger partial charge in [0, 0.05) is 11.6 Å². The van der Waals surface area contributed by atoms with Gasteiger partial charge in [-0.15, -0.1) is 12.4 Å². The van der Waals surface area contributed by atoms with Crippen LogP contribution < -0.4 is 5.73 Å². The molecule has 0 aliphatic rings. The summed E-state index contributed by atoms with van der Waals surface area (Å²) in [5.74, 6) is -1.75. The van der Waals surface area contributed by atoms with Gasteiger partial charge in [-0.3, -0.25) is 4.79 Å². The predicted molar refractivity (Wildman–Crippen MR) is 63.9 cm³/mol. The van der Waals surface area contributed by atoms with Crippen LogP contribution in [0.15, 0.2) is 12.1 Å². The lowest BCUT2D eigenvalue weighted by Crippen LogP contribution is -2.17. The van der Waals surface area contributed by atoms with E-state index in [1.165, 1.54) is 13.2 Å². The maximum Gasteiger partial charge on any atom is 0.307 e. The number of phenolic OH excluding ortho intramolecular Hbond substituents is 1. The summed E-state index contributed by atoms with van der Waals surface area (Å²) in [4.78, 5) is 11.0. The van der Waals surface area contributed by atoms with Gasteiger partial charge >= 0.3 is 5.97 Å². The Kier molecular flexibility index (Phi) is 6.23. The first-order chi connectivity index (χ1) is 7.47. The fourth-order valence-electron chi connectivity index (χ4n) is 1.27.